The Morgan fingerprint density at radius 3 is 1.39 bits per heavy atom. The molecule has 0 aliphatic rings. The second-order valence-corrected chi connectivity index (χ2v) is 12.8. The first-order valence-corrected chi connectivity index (χ1v) is 17.5. The molecule has 0 amide bonds. The van der Waals surface area contributed by atoms with E-state index in [-0.39, 0.29) is 25.2 Å². The summed E-state index contributed by atoms with van der Waals surface area (Å²) >= 11 is 0. The Bertz CT molecular complexity index is 979. The summed E-state index contributed by atoms with van der Waals surface area (Å²) in [6.07, 6.45) is 8.30. The van der Waals surface area contributed by atoms with Crippen molar-refractivity contribution in [3.05, 3.63) is 0 Å². The van der Waals surface area contributed by atoms with E-state index in [0.717, 1.165) is 25.7 Å². The van der Waals surface area contributed by atoms with Crippen LogP contribution in [0.25, 0.3) is 0 Å². The normalized spacial score (nSPS) is 14.1. The van der Waals surface area contributed by atoms with Gasteiger partial charge in [-0.15, -0.1) is 0 Å². The van der Waals surface area contributed by atoms with Crippen LogP contribution in [0.4, 0.5) is 57.1 Å². The Hall–Kier alpha value is -2.01. The maximum absolute atomic E-state index is 13.8. The molecule has 2 N–H and O–H groups in total. The van der Waals surface area contributed by atoms with Crippen LogP contribution in [0.15, 0.2) is 0 Å². The fourth-order valence-corrected chi connectivity index (χ4v) is 5.01. The summed E-state index contributed by atoms with van der Waals surface area (Å²) in [5, 5.41) is 0. The van der Waals surface area contributed by atoms with Gasteiger partial charge in [0.05, 0.1) is 19.6 Å². The van der Waals surface area contributed by atoms with Crippen LogP contribution in [0.1, 0.15) is 142 Å². The molecule has 18 heteroatoms. The van der Waals surface area contributed by atoms with E-state index in [4.69, 9.17) is 10.5 Å². The Morgan fingerprint density at radius 1 is 0.510 bits per heavy atom. The van der Waals surface area contributed by atoms with E-state index in [0.29, 0.717) is 25.9 Å². The van der Waals surface area contributed by atoms with E-state index in [1.165, 1.54) is 64.2 Å². The number of halogens is 13. The molecule has 0 rings (SSSR count). The van der Waals surface area contributed by atoms with Gasteiger partial charge in [0.25, 0.3) is 0 Å². The van der Waals surface area contributed by atoms with Gasteiger partial charge in [-0.2, -0.15) is 57.1 Å². The number of esters is 2. The van der Waals surface area contributed by atoms with Crippen molar-refractivity contribution in [2.45, 2.75) is 184 Å². The quantitative estimate of drug-likeness (QED) is 0.0447. The molecule has 0 saturated heterocycles. The minimum absolute atomic E-state index is 0.133. The fraction of sp³-hybridized carbons (Fsp3) is 0.939. The van der Waals surface area contributed by atoms with Gasteiger partial charge in [0.2, 0.25) is 0 Å². The first-order chi connectivity index (χ1) is 23.5. The zero-order chi connectivity index (χ0) is 39.4. The number of ether oxygens (including phenoxy) is 2. The molecule has 0 spiro atoms. The van der Waals surface area contributed by atoms with Crippen LogP contribution in [-0.4, -0.2) is 67.0 Å². The van der Waals surface area contributed by atoms with Crippen LogP contribution >= 0.6 is 0 Å². The van der Waals surface area contributed by atoms with Gasteiger partial charge >= 0.3 is 47.7 Å². The van der Waals surface area contributed by atoms with Crippen molar-refractivity contribution in [3.8, 4) is 0 Å². The predicted molar refractivity (Wildman–Crippen MR) is 163 cm³/mol. The third-order valence-corrected chi connectivity index (χ3v) is 8.37. The standard InChI is InChI=1S/C33H52F13NO4/c1-2-3-4-5-6-7-8-9-10-11-12-13-16-19-23-50-26(48)21-18-15-14-17-20-25(47)27(49)51-24-22-28(34,35)29(36,37)30(38,39)31(40,41)32(42,43)33(44,45)46/h25H,2-24,47H2,1H3. The monoisotopic (exact) mass is 773 g/mol. The van der Waals surface area contributed by atoms with Crippen LogP contribution < -0.4 is 5.73 Å². The lowest BCUT2D eigenvalue weighted by molar-refractivity contribution is -0.440. The number of rotatable bonds is 30. The fourth-order valence-electron chi connectivity index (χ4n) is 5.01. The van der Waals surface area contributed by atoms with Crippen molar-refractivity contribution in [3.63, 3.8) is 0 Å². The van der Waals surface area contributed by atoms with Crippen LogP contribution in [0.5, 0.6) is 0 Å². The van der Waals surface area contributed by atoms with Crippen molar-refractivity contribution < 1.29 is 76.1 Å². The number of hydrogen-bond acceptors (Lipinski definition) is 5. The molecule has 0 aromatic rings. The smallest absolute Gasteiger partial charge is 0.460 e. The van der Waals surface area contributed by atoms with Crippen molar-refractivity contribution in [1.82, 2.24) is 0 Å². The zero-order valence-electron chi connectivity index (χ0n) is 29.0. The maximum atomic E-state index is 13.8. The van der Waals surface area contributed by atoms with Gasteiger partial charge in [0.1, 0.15) is 6.04 Å². The minimum atomic E-state index is -7.99. The van der Waals surface area contributed by atoms with Gasteiger partial charge in [-0.3, -0.25) is 9.59 Å². The average molecular weight is 774 g/mol. The molecule has 0 radical (unpaired) electrons. The molecule has 0 aliphatic carbocycles. The van der Waals surface area contributed by atoms with Gasteiger partial charge < -0.3 is 15.2 Å². The van der Waals surface area contributed by atoms with Crippen molar-refractivity contribution in [1.29, 1.82) is 0 Å². The second-order valence-electron chi connectivity index (χ2n) is 12.8. The number of hydrogen-bond donors (Lipinski definition) is 1. The number of carbonyl (C=O) groups is 2. The highest BCUT2D eigenvalue weighted by molar-refractivity contribution is 5.75. The summed E-state index contributed by atoms with van der Waals surface area (Å²) in [5.74, 6) is -39.3. The molecule has 0 bridgehead atoms. The lowest BCUT2D eigenvalue weighted by Gasteiger charge is -2.39. The Balaban J connectivity index is 4.17. The van der Waals surface area contributed by atoms with Crippen molar-refractivity contribution in [2.75, 3.05) is 13.2 Å². The molecule has 5 nitrogen and oxygen atoms in total. The third kappa shape index (κ3) is 15.9. The first kappa shape index (κ1) is 49.0. The maximum Gasteiger partial charge on any atom is 0.460 e. The molecular weight excluding hydrogens is 721 g/mol. The van der Waals surface area contributed by atoms with Crippen molar-refractivity contribution in [2.24, 2.45) is 5.73 Å². The lowest BCUT2D eigenvalue weighted by Crippen LogP contribution is -2.70. The molecule has 0 aromatic carbocycles. The van der Waals surface area contributed by atoms with Crippen LogP contribution in [0, 0.1) is 0 Å². The molecule has 1 atom stereocenters. The topological polar surface area (TPSA) is 78.6 Å². The predicted octanol–water partition coefficient (Wildman–Crippen LogP) is 11.4. The number of nitrogens with two attached hydrogens (primary N) is 1. The first-order valence-electron chi connectivity index (χ1n) is 17.5. The molecule has 0 saturated carbocycles. The highest BCUT2D eigenvalue weighted by Gasteiger charge is 2.90. The summed E-state index contributed by atoms with van der Waals surface area (Å²) in [4.78, 5) is 23.7. The van der Waals surface area contributed by atoms with E-state index >= 15 is 0 Å². The van der Waals surface area contributed by atoms with Gasteiger partial charge in [0, 0.05) is 6.42 Å². The Morgan fingerprint density at radius 2 is 0.922 bits per heavy atom. The molecular formula is C33H52F13NO4. The second kappa shape index (κ2) is 22.9. The number of carbonyl (C=O) groups excluding carboxylic acids is 2. The van der Waals surface area contributed by atoms with E-state index in [2.05, 4.69) is 11.7 Å². The highest BCUT2D eigenvalue weighted by atomic mass is 19.4. The molecule has 0 aliphatic heterocycles. The summed E-state index contributed by atoms with van der Waals surface area (Å²) in [6.45, 7) is 0.687. The van der Waals surface area contributed by atoms with E-state index in [9.17, 15) is 66.7 Å². The van der Waals surface area contributed by atoms with Crippen molar-refractivity contribution >= 4 is 11.9 Å². The molecule has 0 aromatic heterocycles. The van der Waals surface area contributed by atoms with Gasteiger partial charge in [0.15, 0.2) is 0 Å². The van der Waals surface area contributed by atoms with Gasteiger partial charge in [-0.05, 0) is 19.3 Å². The molecule has 0 heterocycles. The number of unbranched alkanes of at least 4 members (excludes halogenated alkanes) is 16. The zero-order valence-corrected chi connectivity index (χ0v) is 29.0. The van der Waals surface area contributed by atoms with Gasteiger partial charge in [-0.1, -0.05) is 110 Å². The van der Waals surface area contributed by atoms with E-state index < -0.39 is 60.8 Å². The van der Waals surface area contributed by atoms with Crippen LogP contribution in [0.3, 0.4) is 0 Å². The lowest BCUT2D eigenvalue weighted by atomic mass is 9.93. The summed E-state index contributed by atoms with van der Waals surface area (Å²) < 4.78 is 180. The third-order valence-electron chi connectivity index (χ3n) is 8.37. The molecule has 1 unspecified atom stereocenters. The highest BCUT2D eigenvalue weighted by Crippen LogP contribution is 2.60. The Labute approximate surface area is 290 Å². The SMILES string of the molecule is CCCCCCCCCCCCCCCCOC(=O)CCCCCCC(N)C(=O)OCCC(F)(F)C(F)(F)C(F)(F)C(F)(F)C(F)(F)C(F)(F)F. The minimum Gasteiger partial charge on any atom is -0.466 e. The molecule has 304 valence electrons. The summed E-state index contributed by atoms with van der Waals surface area (Å²) in [6, 6.07) is -1.52. The van der Waals surface area contributed by atoms with Crippen LogP contribution in [0.2, 0.25) is 0 Å². The Kier molecular flexibility index (Phi) is 22.0. The molecule has 0 fully saturated rings. The summed E-state index contributed by atoms with van der Waals surface area (Å²) in [7, 11) is 0. The number of alkyl halides is 13. The average Bonchev–Trinajstić information content (AvgIpc) is 3.03. The van der Waals surface area contributed by atoms with Gasteiger partial charge in [-0.25, -0.2) is 0 Å². The van der Waals surface area contributed by atoms with Crippen LogP contribution in [-0.2, 0) is 19.1 Å². The summed E-state index contributed by atoms with van der Waals surface area (Å²) in [5.41, 5.74) is 5.49. The molecule has 51 heavy (non-hydrogen) atoms. The largest absolute Gasteiger partial charge is 0.466 e. The van der Waals surface area contributed by atoms with E-state index in [1.54, 1.807) is 0 Å². The van der Waals surface area contributed by atoms with E-state index in [1.807, 2.05) is 0 Å².